The van der Waals surface area contributed by atoms with Gasteiger partial charge in [-0.3, -0.25) is 9.59 Å². The molecule has 7 nitrogen and oxygen atoms in total. The summed E-state index contributed by atoms with van der Waals surface area (Å²) in [5, 5.41) is 16.1. The zero-order chi connectivity index (χ0) is 23.2. The Morgan fingerprint density at radius 3 is 2.45 bits per heavy atom. The fourth-order valence-electron chi connectivity index (χ4n) is 3.31. The maximum atomic E-state index is 14.0. The van der Waals surface area contributed by atoms with Gasteiger partial charge in [0.1, 0.15) is 11.4 Å². The predicted molar refractivity (Wildman–Crippen MR) is 116 cm³/mol. The van der Waals surface area contributed by atoms with Crippen LogP contribution in [0.4, 0.5) is 4.39 Å². The normalized spacial score (nSPS) is 11.1. The summed E-state index contributed by atoms with van der Waals surface area (Å²) in [5.74, 6) is -3.03. The Labute approximate surface area is 184 Å². The summed E-state index contributed by atoms with van der Waals surface area (Å²) in [6.07, 6.45) is 2.36. The van der Waals surface area contributed by atoms with Gasteiger partial charge in [0, 0.05) is 18.1 Å². The summed E-state index contributed by atoms with van der Waals surface area (Å²) >= 11 is 1.15. The van der Waals surface area contributed by atoms with Crippen molar-refractivity contribution < 1.29 is 28.6 Å². The van der Waals surface area contributed by atoms with Gasteiger partial charge in [-0.05, 0) is 55.2 Å². The van der Waals surface area contributed by atoms with Gasteiger partial charge >= 0.3 is 11.9 Å². The molecular formula is C22H25FN2O5S. The maximum Gasteiger partial charge on any atom is 0.353 e. The van der Waals surface area contributed by atoms with Gasteiger partial charge in [-0.25, -0.2) is 9.18 Å². The Kier molecular flexibility index (Phi) is 8.04. The van der Waals surface area contributed by atoms with Gasteiger partial charge in [-0.15, -0.1) is 11.3 Å². The van der Waals surface area contributed by atoms with Crippen molar-refractivity contribution in [3.8, 4) is 5.75 Å². The average Bonchev–Trinajstić information content (AvgIpc) is 3.21. The van der Waals surface area contributed by atoms with Crippen molar-refractivity contribution in [2.24, 2.45) is 5.41 Å². The molecule has 2 rings (SSSR count). The van der Waals surface area contributed by atoms with Gasteiger partial charge in [-0.2, -0.15) is 0 Å². The average molecular weight is 449 g/mol. The molecule has 0 aliphatic carbocycles. The van der Waals surface area contributed by atoms with Crippen molar-refractivity contribution in [3.05, 3.63) is 51.5 Å². The number of rotatable bonds is 10. The van der Waals surface area contributed by atoms with Crippen LogP contribution < -0.4 is 4.74 Å². The van der Waals surface area contributed by atoms with Crippen LogP contribution in [0.5, 0.6) is 5.75 Å². The topological polar surface area (TPSA) is 108 Å². The van der Waals surface area contributed by atoms with E-state index in [4.69, 9.17) is 15.3 Å². The van der Waals surface area contributed by atoms with Crippen molar-refractivity contribution >= 4 is 35.4 Å². The molecule has 1 aromatic heterocycles. The quantitative estimate of drug-likeness (QED) is 0.325. The van der Waals surface area contributed by atoms with Gasteiger partial charge in [0.15, 0.2) is 11.6 Å². The Hall–Kier alpha value is -3.07. The number of aliphatic carboxylic acids is 1. The molecule has 0 fully saturated rings. The highest BCUT2D eigenvalue weighted by Crippen LogP contribution is 2.35. The zero-order valence-corrected chi connectivity index (χ0v) is 18.4. The van der Waals surface area contributed by atoms with E-state index in [1.165, 1.54) is 24.1 Å². The lowest BCUT2D eigenvalue weighted by molar-refractivity contribution is -0.149. The Bertz CT molecular complexity index is 984. The summed E-state index contributed by atoms with van der Waals surface area (Å²) in [5.41, 5.74) is -0.436. The van der Waals surface area contributed by atoms with Crippen LogP contribution in [-0.4, -0.2) is 47.7 Å². The molecular weight excluding hydrogens is 423 g/mol. The number of carbonyl (C=O) groups is 3. The van der Waals surface area contributed by atoms with Crippen LogP contribution in [0.15, 0.2) is 30.3 Å². The number of hydrogen-bond donors (Lipinski definition) is 2. The highest BCUT2D eigenvalue weighted by Gasteiger charge is 2.38. The smallest absolute Gasteiger partial charge is 0.353 e. The van der Waals surface area contributed by atoms with E-state index in [0.717, 1.165) is 28.5 Å². The molecule has 0 atom stereocenters. The molecule has 9 heteroatoms. The number of ether oxygens (including phenoxy) is 1. The Morgan fingerprint density at radius 2 is 1.90 bits per heavy atom. The molecule has 0 saturated heterocycles. The maximum absolute atomic E-state index is 14.0. The third-order valence-corrected chi connectivity index (χ3v) is 6.29. The van der Waals surface area contributed by atoms with Gasteiger partial charge in [-0.1, -0.05) is 13.8 Å². The number of hydrogen-bond acceptors (Lipinski definition) is 6. The number of amides is 1. The second-order valence-electron chi connectivity index (χ2n) is 7.21. The number of carboxylic acids is 1. The molecule has 0 aliphatic rings. The van der Waals surface area contributed by atoms with Crippen molar-refractivity contribution in [2.75, 3.05) is 13.6 Å². The lowest BCUT2D eigenvalue weighted by Crippen LogP contribution is -2.44. The number of esters is 1. The first-order valence-electron chi connectivity index (χ1n) is 9.74. The monoisotopic (exact) mass is 448 g/mol. The van der Waals surface area contributed by atoms with Gasteiger partial charge in [0.05, 0.1) is 5.41 Å². The summed E-state index contributed by atoms with van der Waals surface area (Å²) in [4.78, 5) is 38.6. The SMILES string of the molecule is CCC(CC)(Cc1ccc(C(=O)Oc2ccc(C=N)cc2F)s1)C(=O)N(C)CC(=O)O. The van der Waals surface area contributed by atoms with Crippen molar-refractivity contribution in [3.63, 3.8) is 0 Å². The second kappa shape index (κ2) is 10.3. The third-order valence-electron chi connectivity index (χ3n) is 5.23. The summed E-state index contributed by atoms with van der Waals surface area (Å²) in [6.45, 7) is 3.37. The molecule has 0 unspecified atom stereocenters. The predicted octanol–water partition coefficient (Wildman–Crippen LogP) is 4.00. The first-order valence-corrected chi connectivity index (χ1v) is 10.6. The zero-order valence-electron chi connectivity index (χ0n) is 17.6. The summed E-state index contributed by atoms with van der Waals surface area (Å²) in [6, 6.07) is 7.15. The standard InChI is InChI=1S/C22H25FN2O5S/c1-4-22(5-2,21(29)25(3)13-19(26)27)11-15-7-9-18(31-15)20(28)30-17-8-6-14(12-24)10-16(17)23/h6-10,12,24H,4-5,11,13H2,1-3H3,(H,26,27). The van der Waals surface area contributed by atoms with E-state index in [1.807, 2.05) is 13.8 Å². The molecule has 166 valence electrons. The van der Waals surface area contributed by atoms with Crippen molar-refractivity contribution in [1.29, 1.82) is 5.41 Å². The van der Waals surface area contributed by atoms with Crippen molar-refractivity contribution in [2.45, 2.75) is 33.1 Å². The molecule has 1 amide bonds. The Balaban J connectivity index is 2.17. The molecule has 0 radical (unpaired) electrons. The van der Waals surface area contributed by atoms with Crippen LogP contribution >= 0.6 is 11.3 Å². The lowest BCUT2D eigenvalue weighted by atomic mass is 9.77. The number of likely N-dealkylation sites (N-methyl/N-ethyl adjacent to an activating group) is 1. The molecule has 31 heavy (non-hydrogen) atoms. The first-order chi connectivity index (χ1) is 14.7. The van der Waals surface area contributed by atoms with E-state index >= 15 is 0 Å². The van der Waals surface area contributed by atoms with E-state index in [0.29, 0.717) is 24.8 Å². The minimum absolute atomic E-state index is 0.229. The number of nitrogens with zero attached hydrogens (tertiary/aromatic N) is 1. The van der Waals surface area contributed by atoms with Gasteiger partial charge < -0.3 is 20.2 Å². The highest BCUT2D eigenvalue weighted by molar-refractivity contribution is 7.14. The van der Waals surface area contributed by atoms with Gasteiger partial charge in [0.25, 0.3) is 0 Å². The lowest BCUT2D eigenvalue weighted by Gasteiger charge is -2.33. The molecule has 1 heterocycles. The first kappa shape index (κ1) is 24.2. The number of carboxylic acid groups (broad SMARTS) is 1. The number of nitrogens with one attached hydrogen (secondary N) is 1. The summed E-state index contributed by atoms with van der Waals surface area (Å²) in [7, 11) is 1.46. The van der Waals surface area contributed by atoms with E-state index in [-0.39, 0.29) is 23.1 Å². The van der Waals surface area contributed by atoms with E-state index in [1.54, 1.807) is 12.1 Å². The summed E-state index contributed by atoms with van der Waals surface area (Å²) < 4.78 is 19.2. The molecule has 2 aromatic rings. The molecule has 0 spiro atoms. The largest absolute Gasteiger partial charge is 0.480 e. The molecule has 2 N–H and O–H groups in total. The Morgan fingerprint density at radius 1 is 1.23 bits per heavy atom. The number of carbonyl (C=O) groups excluding carboxylic acids is 2. The molecule has 0 aliphatic heterocycles. The van der Waals surface area contributed by atoms with Crippen LogP contribution in [0.2, 0.25) is 0 Å². The fraction of sp³-hybridized carbons (Fsp3) is 0.364. The van der Waals surface area contributed by atoms with Crippen LogP contribution in [0.1, 0.15) is 46.8 Å². The van der Waals surface area contributed by atoms with Gasteiger partial charge in [0.2, 0.25) is 5.91 Å². The fourth-order valence-corrected chi connectivity index (χ4v) is 4.34. The van der Waals surface area contributed by atoms with E-state index in [9.17, 15) is 18.8 Å². The number of halogens is 1. The van der Waals surface area contributed by atoms with Crippen molar-refractivity contribution in [1.82, 2.24) is 4.90 Å². The second-order valence-corrected chi connectivity index (χ2v) is 8.38. The van der Waals surface area contributed by atoms with Crippen LogP contribution in [0.25, 0.3) is 0 Å². The highest BCUT2D eigenvalue weighted by atomic mass is 32.1. The van der Waals surface area contributed by atoms with Crippen LogP contribution in [-0.2, 0) is 16.0 Å². The molecule has 0 saturated carbocycles. The number of thiophene rings is 1. The molecule has 0 bridgehead atoms. The minimum Gasteiger partial charge on any atom is -0.480 e. The minimum atomic E-state index is -1.08. The van der Waals surface area contributed by atoms with E-state index < -0.39 is 23.2 Å². The third kappa shape index (κ3) is 5.75. The number of benzene rings is 1. The van der Waals surface area contributed by atoms with Crippen LogP contribution in [0, 0.1) is 16.6 Å². The van der Waals surface area contributed by atoms with E-state index in [2.05, 4.69) is 0 Å². The van der Waals surface area contributed by atoms with Crippen LogP contribution in [0.3, 0.4) is 0 Å². The molecule has 1 aromatic carbocycles.